The fourth-order valence-corrected chi connectivity index (χ4v) is 3.79. The molecular weight excluding hydrogens is 505 g/mol. The number of nitrogens with zero attached hydrogens (tertiary/aromatic N) is 1. The van der Waals surface area contributed by atoms with Gasteiger partial charge in [0.15, 0.2) is 17.5 Å². The van der Waals surface area contributed by atoms with E-state index < -0.39 is 0 Å². The first kappa shape index (κ1) is 25.3. The molecule has 1 heterocycles. The van der Waals surface area contributed by atoms with Gasteiger partial charge < -0.3 is 24.8 Å². The van der Waals surface area contributed by atoms with Crippen molar-refractivity contribution >= 4 is 35.6 Å². The van der Waals surface area contributed by atoms with Gasteiger partial charge in [-0.25, -0.2) is 0 Å². The molecule has 1 saturated heterocycles. The summed E-state index contributed by atoms with van der Waals surface area (Å²) in [5.74, 6) is 2.19. The molecule has 31 heavy (non-hydrogen) atoms. The van der Waals surface area contributed by atoms with Gasteiger partial charge in [0.05, 0.1) is 20.3 Å². The van der Waals surface area contributed by atoms with Gasteiger partial charge in [0.2, 0.25) is 0 Å². The van der Waals surface area contributed by atoms with Crippen LogP contribution in [0.3, 0.4) is 0 Å². The monoisotopic (exact) mass is 539 g/mol. The smallest absolute Gasteiger partial charge is 0.195 e. The predicted octanol–water partition coefficient (Wildman–Crippen LogP) is 4.84. The van der Waals surface area contributed by atoms with E-state index in [2.05, 4.69) is 47.9 Å². The molecule has 0 aliphatic carbocycles. The van der Waals surface area contributed by atoms with Gasteiger partial charge in [-0.05, 0) is 44.4 Å². The SMILES string of the molecule is CCNC(=NCC1(c2ccccc2)CCOCC1)Nc1ccc(OCC)c(OC)c1.I. The molecule has 0 spiro atoms. The molecule has 170 valence electrons. The molecule has 2 aromatic rings. The third-order valence-electron chi connectivity index (χ3n) is 5.45. The first-order valence-electron chi connectivity index (χ1n) is 10.7. The molecule has 3 rings (SSSR count). The Balaban J connectivity index is 0.00000341. The number of guanidine groups is 1. The average molecular weight is 539 g/mol. The van der Waals surface area contributed by atoms with Gasteiger partial charge in [-0.15, -0.1) is 24.0 Å². The first-order chi connectivity index (χ1) is 14.7. The fraction of sp³-hybridized carbons (Fsp3) is 0.458. The summed E-state index contributed by atoms with van der Waals surface area (Å²) in [5, 5.41) is 6.76. The Morgan fingerprint density at radius 2 is 1.81 bits per heavy atom. The number of ether oxygens (including phenoxy) is 3. The first-order valence-corrected chi connectivity index (χ1v) is 10.7. The van der Waals surface area contributed by atoms with E-state index in [0.717, 1.165) is 50.0 Å². The second-order valence-electron chi connectivity index (χ2n) is 7.38. The van der Waals surface area contributed by atoms with Gasteiger partial charge in [-0.1, -0.05) is 30.3 Å². The Morgan fingerprint density at radius 1 is 1.06 bits per heavy atom. The van der Waals surface area contributed by atoms with Crippen LogP contribution in [-0.4, -0.2) is 46.0 Å². The predicted molar refractivity (Wildman–Crippen MR) is 137 cm³/mol. The van der Waals surface area contributed by atoms with E-state index in [9.17, 15) is 0 Å². The number of aliphatic imine (C=N–C) groups is 1. The van der Waals surface area contributed by atoms with E-state index in [-0.39, 0.29) is 29.4 Å². The summed E-state index contributed by atoms with van der Waals surface area (Å²) in [4.78, 5) is 4.96. The molecule has 0 saturated carbocycles. The van der Waals surface area contributed by atoms with Crippen molar-refractivity contribution < 1.29 is 14.2 Å². The van der Waals surface area contributed by atoms with E-state index in [0.29, 0.717) is 18.9 Å². The maximum atomic E-state index is 5.65. The molecule has 6 nitrogen and oxygen atoms in total. The van der Waals surface area contributed by atoms with Crippen molar-refractivity contribution in [3.8, 4) is 11.5 Å². The van der Waals surface area contributed by atoms with Crippen molar-refractivity contribution in [2.45, 2.75) is 32.1 Å². The fourth-order valence-electron chi connectivity index (χ4n) is 3.79. The lowest BCUT2D eigenvalue weighted by atomic mass is 9.74. The summed E-state index contributed by atoms with van der Waals surface area (Å²) in [6.45, 7) is 7.64. The van der Waals surface area contributed by atoms with E-state index in [1.54, 1.807) is 7.11 Å². The molecule has 0 aromatic heterocycles. The topological polar surface area (TPSA) is 64.1 Å². The van der Waals surface area contributed by atoms with Gasteiger partial charge in [0, 0.05) is 36.9 Å². The second kappa shape index (κ2) is 12.8. The zero-order valence-corrected chi connectivity index (χ0v) is 21.0. The minimum atomic E-state index is -0.00161. The van der Waals surface area contributed by atoms with E-state index in [1.165, 1.54) is 5.56 Å². The number of rotatable bonds is 8. The number of anilines is 1. The molecule has 0 unspecified atom stereocenters. The molecule has 7 heteroatoms. The Hall–Kier alpha value is -2.00. The lowest BCUT2D eigenvalue weighted by Crippen LogP contribution is -2.39. The maximum absolute atomic E-state index is 5.65. The van der Waals surface area contributed by atoms with Crippen molar-refractivity contribution in [2.75, 3.05) is 45.3 Å². The number of hydrogen-bond donors (Lipinski definition) is 2. The molecular formula is C24H34IN3O3. The lowest BCUT2D eigenvalue weighted by molar-refractivity contribution is 0.0531. The summed E-state index contributed by atoms with van der Waals surface area (Å²) in [5.41, 5.74) is 2.23. The molecule has 2 N–H and O–H groups in total. The van der Waals surface area contributed by atoms with Crippen LogP contribution in [0.4, 0.5) is 5.69 Å². The standard InChI is InChI=1S/C24H33N3O3.HI/c1-4-25-23(27-20-11-12-21(30-5-2)22(17-20)28-3)26-18-24(13-15-29-16-14-24)19-9-7-6-8-10-19;/h6-12,17H,4-5,13-16,18H2,1-3H3,(H2,25,26,27);1H. The molecule has 1 aliphatic rings. The number of benzene rings is 2. The normalized spacial score (nSPS) is 15.5. The summed E-state index contributed by atoms with van der Waals surface area (Å²) in [6.07, 6.45) is 1.94. The van der Waals surface area contributed by atoms with E-state index in [4.69, 9.17) is 19.2 Å². The molecule has 0 bridgehead atoms. The van der Waals surface area contributed by atoms with Crippen LogP contribution in [0, 0.1) is 0 Å². The highest BCUT2D eigenvalue weighted by Crippen LogP contribution is 2.35. The quantitative estimate of drug-likeness (QED) is 0.286. The minimum Gasteiger partial charge on any atom is -0.493 e. The largest absolute Gasteiger partial charge is 0.493 e. The van der Waals surface area contributed by atoms with Crippen LogP contribution >= 0.6 is 24.0 Å². The Bertz CT molecular complexity index is 824. The van der Waals surface area contributed by atoms with Crippen molar-refractivity contribution in [2.24, 2.45) is 4.99 Å². The molecule has 1 aliphatic heterocycles. The third kappa shape index (κ3) is 6.74. The van der Waals surface area contributed by atoms with Gasteiger partial charge in [0.1, 0.15) is 0 Å². The van der Waals surface area contributed by atoms with Crippen LogP contribution < -0.4 is 20.1 Å². The van der Waals surface area contributed by atoms with Crippen LogP contribution in [0.25, 0.3) is 0 Å². The average Bonchev–Trinajstić information content (AvgIpc) is 2.80. The summed E-state index contributed by atoms with van der Waals surface area (Å²) < 4.78 is 16.7. The van der Waals surface area contributed by atoms with Crippen molar-refractivity contribution in [3.63, 3.8) is 0 Å². The Labute approximate surface area is 202 Å². The number of halogens is 1. The maximum Gasteiger partial charge on any atom is 0.195 e. The van der Waals surface area contributed by atoms with Crippen molar-refractivity contribution in [1.29, 1.82) is 0 Å². The molecule has 0 amide bonds. The second-order valence-corrected chi connectivity index (χ2v) is 7.38. The van der Waals surface area contributed by atoms with Crippen LogP contribution in [0.15, 0.2) is 53.5 Å². The zero-order valence-electron chi connectivity index (χ0n) is 18.6. The highest BCUT2D eigenvalue weighted by molar-refractivity contribution is 14.0. The van der Waals surface area contributed by atoms with Gasteiger partial charge in [0.25, 0.3) is 0 Å². The van der Waals surface area contributed by atoms with Gasteiger partial charge in [-0.2, -0.15) is 0 Å². The summed E-state index contributed by atoms with van der Waals surface area (Å²) in [7, 11) is 1.65. The summed E-state index contributed by atoms with van der Waals surface area (Å²) in [6, 6.07) is 16.5. The van der Waals surface area contributed by atoms with Crippen LogP contribution in [-0.2, 0) is 10.2 Å². The molecule has 1 fully saturated rings. The molecule has 0 radical (unpaired) electrons. The van der Waals surface area contributed by atoms with Crippen LogP contribution in [0.2, 0.25) is 0 Å². The number of nitrogens with one attached hydrogen (secondary N) is 2. The zero-order chi connectivity index (χ0) is 21.2. The molecule has 2 aromatic carbocycles. The number of methoxy groups -OCH3 is 1. The van der Waals surface area contributed by atoms with E-state index in [1.807, 2.05) is 25.1 Å². The highest BCUT2D eigenvalue weighted by Gasteiger charge is 2.34. The van der Waals surface area contributed by atoms with Crippen molar-refractivity contribution in [1.82, 2.24) is 5.32 Å². The highest BCUT2D eigenvalue weighted by atomic mass is 127. The van der Waals surface area contributed by atoms with Crippen molar-refractivity contribution in [3.05, 3.63) is 54.1 Å². The van der Waals surface area contributed by atoms with Crippen LogP contribution in [0.5, 0.6) is 11.5 Å². The summed E-state index contributed by atoms with van der Waals surface area (Å²) >= 11 is 0. The molecule has 0 atom stereocenters. The van der Waals surface area contributed by atoms with Gasteiger partial charge >= 0.3 is 0 Å². The Kier molecular flexibility index (Phi) is 10.4. The minimum absolute atomic E-state index is 0. The lowest BCUT2D eigenvalue weighted by Gasteiger charge is -2.36. The third-order valence-corrected chi connectivity index (χ3v) is 5.45. The van der Waals surface area contributed by atoms with E-state index >= 15 is 0 Å². The van der Waals surface area contributed by atoms with Gasteiger partial charge in [-0.3, -0.25) is 4.99 Å². The Morgan fingerprint density at radius 3 is 2.45 bits per heavy atom. The van der Waals surface area contributed by atoms with Crippen LogP contribution in [0.1, 0.15) is 32.3 Å². The number of hydrogen-bond acceptors (Lipinski definition) is 4.